The second-order valence-electron chi connectivity index (χ2n) is 7.10. The monoisotopic (exact) mass is 426 g/mol. The van der Waals surface area contributed by atoms with Gasteiger partial charge in [-0.15, -0.1) is 0 Å². The normalized spacial score (nSPS) is 11.8. The third-order valence-corrected chi connectivity index (χ3v) is 5.10. The van der Waals surface area contributed by atoms with E-state index in [0.717, 1.165) is 39.1 Å². The molecule has 2 aromatic carbocycles. The van der Waals surface area contributed by atoms with Crippen molar-refractivity contribution in [3.63, 3.8) is 0 Å². The number of esters is 2. The van der Waals surface area contributed by atoms with Crippen molar-refractivity contribution in [2.75, 3.05) is 20.8 Å². The van der Waals surface area contributed by atoms with Crippen LogP contribution in [0, 0.1) is 20.8 Å². The van der Waals surface area contributed by atoms with E-state index in [-0.39, 0.29) is 0 Å². The van der Waals surface area contributed by atoms with Crippen LogP contribution in [0.1, 0.15) is 53.3 Å². The van der Waals surface area contributed by atoms with Gasteiger partial charge in [-0.05, 0) is 62.1 Å². The van der Waals surface area contributed by atoms with Crippen LogP contribution in [0.25, 0.3) is 6.08 Å². The molecule has 0 aromatic heterocycles. The maximum Gasteiger partial charge on any atom is 0.330 e. The van der Waals surface area contributed by atoms with E-state index in [1.807, 2.05) is 45.0 Å². The Labute approximate surface area is 183 Å². The van der Waals surface area contributed by atoms with Crippen molar-refractivity contribution in [3.8, 4) is 11.5 Å². The molecule has 1 atom stereocenters. The van der Waals surface area contributed by atoms with E-state index in [0.29, 0.717) is 12.4 Å². The Balaban J connectivity index is 2.66. The van der Waals surface area contributed by atoms with Crippen molar-refractivity contribution >= 4 is 18.0 Å². The van der Waals surface area contributed by atoms with E-state index in [9.17, 15) is 9.59 Å². The van der Waals surface area contributed by atoms with Crippen LogP contribution in [0.3, 0.4) is 0 Å². The van der Waals surface area contributed by atoms with Gasteiger partial charge >= 0.3 is 11.9 Å². The Kier molecular flexibility index (Phi) is 8.25. The molecule has 0 aliphatic rings. The first-order valence-corrected chi connectivity index (χ1v) is 10.1. The Morgan fingerprint density at radius 3 is 2.23 bits per heavy atom. The van der Waals surface area contributed by atoms with Crippen molar-refractivity contribution in [1.82, 2.24) is 0 Å². The van der Waals surface area contributed by atoms with E-state index in [1.54, 1.807) is 27.2 Å². The summed E-state index contributed by atoms with van der Waals surface area (Å²) in [6.07, 6.45) is 2.32. The highest BCUT2D eigenvalue weighted by Crippen LogP contribution is 2.44. The molecule has 0 saturated heterocycles. The second-order valence-corrected chi connectivity index (χ2v) is 7.10. The molecular formula is C25H30O6. The Hall–Kier alpha value is -3.28. The molecule has 2 aromatic rings. The molecule has 0 spiro atoms. The van der Waals surface area contributed by atoms with Gasteiger partial charge < -0.3 is 18.9 Å². The predicted molar refractivity (Wildman–Crippen MR) is 119 cm³/mol. The van der Waals surface area contributed by atoms with Crippen LogP contribution in [0.5, 0.6) is 11.5 Å². The molecule has 0 saturated carbocycles. The molecule has 6 heteroatoms. The molecule has 1 unspecified atom stereocenters. The summed E-state index contributed by atoms with van der Waals surface area (Å²) >= 11 is 0. The Morgan fingerprint density at radius 2 is 1.65 bits per heavy atom. The van der Waals surface area contributed by atoms with Crippen LogP contribution < -0.4 is 9.47 Å². The number of benzene rings is 2. The van der Waals surface area contributed by atoms with Gasteiger partial charge in [0.2, 0.25) is 0 Å². The second kappa shape index (κ2) is 10.7. The first-order chi connectivity index (χ1) is 14.7. The van der Waals surface area contributed by atoms with Crippen LogP contribution in [-0.2, 0) is 19.1 Å². The maximum absolute atomic E-state index is 12.0. The standard InChI is InChI=1S/C25H30O6/c1-8-30-21(27)13-12-19-10-9-11-20(14-19)25(31-18(5)26)22-17(4)23(28-6)15(2)16(3)24(22)29-7/h9-14,25H,8H2,1-7H3/b13-12+. The fraction of sp³-hybridized carbons (Fsp3) is 0.360. The SMILES string of the molecule is CCOC(=O)/C=C/c1cccc(C(OC(C)=O)c2c(C)c(OC)c(C)c(C)c2OC)c1. The molecule has 6 nitrogen and oxygen atoms in total. The number of hydrogen-bond acceptors (Lipinski definition) is 6. The highest BCUT2D eigenvalue weighted by atomic mass is 16.5. The van der Waals surface area contributed by atoms with Crippen molar-refractivity contribution < 1.29 is 28.5 Å². The van der Waals surface area contributed by atoms with E-state index in [4.69, 9.17) is 18.9 Å². The minimum Gasteiger partial charge on any atom is -0.496 e. The van der Waals surface area contributed by atoms with Crippen LogP contribution in [-0.4, -0.2) is 32.8 Å². The van der Waals surface area contributed by atoms with E-state index < -0.39 is 18.0 Å². The van der Waals surface area contributed by atoms with E-state index >= 15 is 0 Å². The lowest BCUT2D eigenvalue weighted by molar-refractivity contribution is -0.144. The van der Waals surface area contributed by atoms with Gasteiger partial charge in [0.15, 0.2) is 6.10 Å². The Morgan fingerprint density at radius 1 is 1.00 bits per heavy atom. The molecule has 0 bridgehead atoms. The van der Waals surface area contributed by atoms with Gasteiger partial charge in [-0.3, -0.25) is 4.79 Å². The lowest BCUT2D eigenvalue weighted by Gasteiger charge is -2.26. The molecular weight excluding hydrogens is 396 g/mol. The van der Waals surface area contributed by atoms with E-state index in [2.05, 4.69) is 0 Å². The molecule has 0 heterocycles. The molecule has 0 aliphatic carbocycles. The zero-order chi connectivity index (χ0) is 23.1. The van der Waals surface area contributed by atoms with Crippen molar-refractivity contribution in [3.05, 3.63) is 63.7 Å². The molecule has 0 aliphatic heterocycles. The van der Waals surface area contributed by atoms with Crippen molar-refractivity contribution in [2.24, 2.45) is 0 Å². The number of carbonyl (C=O) groups excluding carboxylic acids is 2. The Bertz CT molecular complexity index is 990. The van der Waals surface area contributed by atoms with Crippen LogP contribution in [0.15, 0.2) is 30.3 Å². The number of methoxy groups -OCH3 is 2. The van der Waals surface area contributed by atoms with Crippen LogP contribution in [0.2, 0.25) is 0 Å². The summed E-state index contributed by atoms with van der Waals surface area (Å²) in [6, 6.07) is 7.44. The van der Waals surface area contributed by atoms with Gasteiger partial charge in [0.1, 0.15) is 11.5 Å². The molecule has 166 valence electrons. The van der Waals surface area contributed by atoms with Gasteiger partial charge in [-0.1, -0.05) is 18.2 Å². The average molecular weight is 427 g/mol. The van der Waals surface area contributed by atoms with Crippen LogP contribution >= 0.6 is 0 Å². The molecule has 31 heavy (non-hydrogen) atoms. The fourth-order valence-corrected chi connectivity index (χ4v) is 3.64. The van der Waals surface area contributed by atoms with Crippen molar-refractivity contribution in [2.45, 2.75) is 40.7 Å². The molecule has 0 radical (unpaired) electrons. The zero-order valence-electron chi connectivity index (χ0n) is 19.2. The third kappa shape index (κ3) is 5.45. The number of hydrogen-bond donors (Lipinski definition) is 0. The molecule has 2 rings (SSSR count). The summed E-state index contributed by atoms with van der Waals surface area (Å²) < 4.78 is 22.1. The summed E-state index contributed by atoms with van der Waals surface area (Å²) in [4.78, 5) is 23.7. The lowest BCUT2D eigenvalue weighted by Crippen LogP contribution is -2.15. The van der Waals surface area contributed by atoms with Gasteiger partial charge in [0, 0.05) is 24.1 Å². The maximum atomic E-state index is 12.0. The first-order valence-electron chi connectivity index (χ1n) is 10.1. The largest absolute Gasteiger partial charge is 0.496 e. The topological polar surface area (TPSA) is 71.1 Å². The first kappa shape index (κ1) is 24.0. The quantitative estimate of drug-likeness (QED) is 0.444. The average Bonchev–Trinajstić information content (AvgIpc) is 2.74. The summed E-state index contributed by atoms with van der Waals surface area (Å²) in [5.74, 6) is 0.537. The number of ether oxygens (including phenoxy) is 4. The van der Waals surface area contributed by atoms with Crippen LogP contribution in [0.4, 0.5) is 0 Å². The minimum atomic E-state index is -0.711. The number of carbonyl (C=O) groups is 2. The predicted octanol–water partition coefficient (Wildman–Crippen LogP) is 4.86. The highest BCUT2D eigenvalue weighted by molar-refractivity contribution is 5.87. The smallest absolute Gasteiger partial charge is 0.330 e. The zero-order valence-corrected chi connectivity index (χ0v) is 19.2. The number of rotatable bonds is 8. The lowest BCUT2D eigenvalue weighted by atomic mass is 9.90. The van der Waals surface area contributed by atoms with Gasteiger partial charge in [0.05, 0.1) is 20.8 Å². The van der Waals surface area contributed by atoms with Crippen molar-refractivity contribution in [1.29, 1.82) is 0 Å². The van der Waals surface area contributed by atoms with Gasteiger partial charge in [0.25, 0.3) is 0 Å². The molecule has 0 amide bonds. The highest BCUT2D eigenvalue weighted by Gasteiger charge is 2.28. The summed E-state index contributed by atoms with van der Waals surface area (Å²) in [6.45, 7) is 9.27. The van der Waals surface area contributed by atoms with Gasteiger partial charge in [-0.25, -0.2) is 4.79 Å². The third-order valence-electron chi connectivity index (χ3n) is 5.10. The molecule has 0 N–H and O–H groups in total. The fourth-order valence-electron chi connectivity index (χ4n) is 3.64. The summed E-state index contributed by atoms with van der Waals surface area (Å²) in [5, 5.41) is 0. The van der Waals surface area contributed by atoms with Gasteiger partial charge in [-0.2, -0.15) is 0 Å². The summed E-state index contributed by atoms with van der Waals surface area (Å²) in [7, 11) is 3.22. The molecule has 0 fully saturated rings. The minimum absolute atomic E-state index is 0.311. The summed E-state index contributed by atoms with van der Waals surface area (Å²) in [5.41, 5.74) is 4.96. The van der Waals surface area contributed by atoms with E-state index in [1.165, 1.54) is 13.0 Å².